The molecule has 0 aliphatic carbocycles. The molecule has 0 spiro atoms. The fraction of sp³-hybridized carbons (Fsp3) is 0.435. The molecule has 10 heteroatoms. The zero-order valence-electron chi connectivity index (χ0n) is 32.7. The van der Waals surface area contributed by atoms with E-state index in [0.29, 0.717) is 9.75 Å². The third-order valence-corrected chi connectivity index (χ3v) is 17.9. The smallest absolute Gasteiger partial charge is 0.345 e. The summed E-state index contributed by atoms with van der Waals surface area (Å²) in [5.74, 6) is -1.74. The highest BCUT2D eigenvalue weighted by molar-refractivity contribution is 7.30. The van der Waals surface area contributed by atoms with Gasteiger partial charge in [-0.3, -0.25) is 0 Å². The molecule has 0 saturated heterocycles. The maximum Gasteiger partial charge on any atom is 0.345 e. The summed E-state index contributed by atoms with van der Waals surface area (Å²) >= 11 is 10.0. The second kappa shape index (κ2) is 21.8. The molecule has 4 nitrogen and oxygen atoms in total. The van der Waals surface area contributed by atoms with Gasteiger partial charge in [0.15, 0.2) is 0 Å². The van der Waals surface area contributed by atoms with Crippen LogP contribution in [-0.4, -0.2) is 22.2 Å². The molecule has 0 unspecified atom stereocenters. The Morgan fingerprint density at radius 1 is 0.393 bits per heavy atom. The fourth-order valence-electron chi connectivity index (χ4n) is 7.14. The Morgan fingerprint density at radius 3 is 1.07 bits per heavy atom. The second-order valence-corrected chi connectivity index (χ2v) is 21.1. The summed E-state index contributed by atoms with van der Waals surface area (Å²) < 4.78 is 0. The molecule has 6 aromatic heterocycles. The topological polar surface area (TPSA) is 74.6 Å². The van der Waals surface area contributed by atoms with Crippen LogP contribution in [0.5, 0.6) is 0 Å². The minimum Gasteiger partial charge on any atom is -0.477 e. The third-order valence-electron chi connectivity index (χ3n) is 10.2. The van der Waals surface area contributed by atoms with E-state index in [-0.39, 0.29) is 0 Å². The summed E-state index contributed by atoms with van der Waals surface area (Å²) in [5.41, 5.74) is 2.85. The largest absolute Gasteiger partial charge is 0.477 e. The number of hydrogen-bond acceptors (Lipinski definition) is 8. The molecule has 0 amide bonds. The Labute approximate surface area is 356 Å². The highest BCUT2D eigenvalue weighted by Crippen LogP contribution is 2.49. The van der Waals surface area contributed by atoms with Crippen LogP contribution in [0, 0.1) is 0 Å². The van der Waals surface area contributed by atoms with E-state index in [2.05, 4.69) is 50.2 Å². The number of thiophene rings is 6. The van der Waals surface area contributed by atoms with Gasteiger partial charge in [-0.05, 0) is 97.5 Å². The lowest BCUT2D eigenvalue weighted by molar-refractivity contribution is 0.0691. The van der Waals surface area contributed by atoms with Crippen molar-refractivity contribution >= 4 is 80.0 Å². The van der Waals surface area contributed by atoms with Crippen LogP contribution in [0.1, 0.15) is 147 Å². The van der Waals surface area contributed by atoms with Crippen LogP contribution in [-0.2, 0) is 12.8 Å². The van der Waals surface area contributed by atoms with Gasteiger partial charge >= 0.3 is 11.9 Å². The minimum absolute atomic E-state index is 0.373. The molecular weight excluding hydrogens is 809 g/mol. The van der Waals surface area contributed by atoms with Crippen LogP contribution < -0.4 is 0 Å². The van der Waals surface area contributed by atoms with Gasteiger partial charge in [0.25, 0.3) is 0 Å². The van der Waals surface area contributed by atoms with E-state index in [9.17, 15) is 19.8 Å². The molecule has 0 atom stereocenters. The number of aromatic carboxylic acids is 2. The van der Waals surface area contributed by atoms with Gasteiger partial charge in [0.2, 0.25) is 0 Å². The van der Waals surface area contributed by atoms with Crippen molar-refractivity contribution in [2.24, 2.45) is 0 Å². The Morgan fingerprint density at radius 2 is 0.714 bits per heavy atom. The molecule has 0 aliphatic rings. The van der Waals surface area contributed by atoms with Gasteiger partial charge in [-0.1, -0.05) is 104 Å². The summed E-state index contributed by atoms with van der Waals surface area (Å²) in [6, 6.07) is 21.0. The van der Waals surface area contributed by atoms with Crippen LogP contribution in [0.2, 0.25) is 0 Å². The van der Waals surface area contributed by atoms with E-state index >= 15 is 0 Å². The molecule has 2 N–H and O–H groups in total. The Bertz CT molecular complexity index is 1980. The van der Waals surface area contributed by atoms with Gasteiger partial charge in [-0.2, -0.15) is 0 Å². The van der Waals surface area contributed by atoms with Crippen LogP contribution in [0.3, 0.4) is 0 Å². The molecule has 0 radical (unpaired) electrons. The zero-order chi connectivity index (χ0) is 39.3. The summed E-state index contributed by atoms with van der Waals surface area (Å²) in [6.07, 6.45) is 22.9. The third kappa shape index (κ3) is 11.6. The van der Waals surface area contributed by atoms with E-state index in [0.717, 1.165) is 32.4 Å². The summed E-state index contributed by atoms with van der Waals surface area (Å²) in [7, 11) is 0. The quantitative estimate of drug-likeness (QED) is 0.0562. The van der Waals surface area contributed by atoms with Gasteiger partial charge in [-0.25, -0.2) is 9.59 Å². The lowest BCUT2D eigenvalue weighted by Gasteiger charge is -2.03. The van der Waals surface area contributed by atoms with Crippen molar-refractivity contribution in [2.45, 2.75) is 129 Å². The average molecular weight is 863 g/mol. The molecule has 6 heterocycles. The maximum absolute atomic E-state index is 11.6. The number of unbranched alkanes of at least 4 members (excludes halogenated alkanes) is 14. The van der Waals surface area contributed by atoms with E-state index in [1.54, 1.807) is 34.8 Å². The van der Waals surface area contributed by atoms with Crippen molar-refractivity contribution in [1.82, 2.24) is 0 Å². The normalized spacial score (nSPS) is 11.5. The molecular formula is C46H54O4S6. The van der Waals surface area contributed by atoms with Gasteiger partial charge in [0.05, 0.1) is 0 Å². The first kappa shape index (κ1) is 42.7. The van der Waals surface area contributed by atoms with E-state index in [4.69, 9.17) is 0 Å². The van der Waals surface area contributed by atoms with Gasteiger partial charge in [0, 0.05) is 48.8 Å². The highest BCUT2D eigenvalue weighted by Gasteiger charge is 2.21. The molecule has 0 bridgehead atoms. The SMILES string of the molecule is CCCCCCCCCCc1cc(-c2cc(CCCCCCCCCC)c(-c3ccc(-c4ccc(C(=O)O)s4)s3)s2)sc1-c1ccc(-c2ccc(C(=O)O)s2)s1. The first-order valence-corrected chi connectivity index (χ1v) is 25.4. The first-order chi connectivity index (χ1) is 27.3. The molecule has 0 aliphatic heterocycles. The standard InChI is InChI=1S/C46H54O4S6/c1-3-5-7-9-11-13-15-17-19-31-29-41(55-43(31)37-25-21-33(51-37)35-23-27-39(53-35)45(47)48)42-30-32(20-18-16-14-12-10-8-6-4-2)44(56-42)38-26-22-34(52-38)36-24-28-40(54-36)46(49)50/h21-30H,3-20H2,1-2H3,(H,47,48)(H,49,50). The van der Waals surface area contributed by atoms with Crippen molar-refractivity contribution in [3.63, 3.8) is 0 Å². The summed E-state index contributed by atoms with van der Waals surface area (Å²) in [5, 5.41) is 19.0. The lowest BCUT2D eigenvalue weighted by atomic mass is 10.0. The van der Waals surface area contributed by atoms with Crippen molar-refractivity contribution in [1.29, 1.82) is 0 Å². The number of carbonyl (C=O) groups is 2. The highest BCUT2D eigenvalue weighted by atomic mass is 32.1. The van der Waals surface area contributed by atoms with E-state index in [1.165, 1.54) is 166 Å². The number of aryl methyl sites for hydroxylation is 2. The number of hydrogen-bond donors (Lipinski definition) is 2. The Hall–Kier alpha value is -2.86. The average Bonchev–Trinajstić information content (AvgIpc) is 4.04. The molecule has 0 fully saturated rings. The fourth-order valence-corrected chi connectivity index (χ4v) is 13.8. The van der Waals surface area contributed by atoms with Crippen LogP contribution in [0.15, 0.2) is 60.7 Å². The molecule has 6 aromatic rings. The van der Waals surface area contributed by atoms with Crippen LogP contribution >= 0.6 is 68.0 Å². The van der Waals surface area contributed by atoms with E-state index in [1.807, 2.05) is 34.8 Å². The molecule has 6 rings (SSSR count). The number of carboxylic acid groups (broad SMARTS) is 2. The number of rotatable bonds is 25. The summed E-state index contributed by atoms with van der Waals surface area (Å²) in [4.78, 5) is 36.0. The zero-order valence-corrected chi connectivity index (χ0v) is 37.6. The van der Waals surface area contributed by atoms with Gasteiger partial charge in [-0.15, -0.1) is 68.0 Å². The van der Waals surface area contributed by atoms with Crippen molar-refractivity contribution in [3.8, 4) is 48.8 Å². The Kier molecular flexibility index (Phi) is 16.6. The van der Waals surface area contributed by atoms with Gasteiger partial charge < -0.3 is 10.2 Å². The predicted octanol–water partition coefficient (Wildman–Crippen LogP) is 17.2. The molecule has 0 aromatic carbocycles. The monoisotopic (exact) mass is 862 g/mol. The van der Waals surface area contributed by atoms with Crippen LogP contribution in [0.4, 0.5) is 0 Å². The second-order valence-electron chi connectivity index (χ2n) is 14.6. The van der Waals surface area contributed by atoms with Crippen molar-refractivity contribution < 1.29 is 19.8 Å². The van der Waals surface area contributed by atoms with Crippen LogP contribution in [0.25, 0.3) is 48.8 Å². The van der Waals surface area contributed by atoms with Gasteiger partial charge in [0.1, 0.15) is 9.75 Å². The van der Waals surface area contributed by atoms with Crippen molar-refractivity contribution in [2.75, 3.05) is 0 Å². The van der Waals surface area contributed by atoms with E-state index < -0.39 is 11.9 Å². The first-order valence-electron chi connectivity index (χ1n) is 20.5. The van der Waals surface area contributed by atoms with Crippen molar-refractivity contribution in [3.05, 3.63) is 81.5 Å². The summed E-state index contributed by atoms with van der Waals surface area (Å²) in [6.45, 7) is 4.55. The molecule has 0 saturated carbocycles. The maximum atomic E-state index is 11.6. The minimum atomic E-state index is -0.872. The lowest BCUT2D eigenvalue weighted by Crippen LogP contribution is -1.89. The molecule has 56 heavy (non-hydrogen) atoms. The molecule has 298 valence electrons. The number of carboxylic acids is 2. The Balaban J connectivity index is 1.27. The predicted molar refractivity (Wildman–Crippen MR) is 247 cm³/mol.